The summed E-state index contributed by atoms with van der Waals surface area (Å²) in [6.07, 6.45) is -0.979. The Morgan fingerprint density at radius 1 is 1.05 bits per heavy atom. The second-order valence-electron chi connectivity index (χ2n) is 10.8. The van der Waals surface area contributed by atoms with Gasteiger partial charge >= 0.3 is 0 Å². The van der Waals surface area contributed by atoms with Crippen LogP contribution in [0.1, 0.15) is 23.5 Å². The van der Waals surface area contributed by atoms with Crippen LogP contribution < -0.4 is 9.84 Å². The zero-order valence-corrected chi connectivity index (χ0v) is 22.7. The van der Waals surface area contributed by atoms with E-state index in [1.807, 2.05) is 30.3 Å². The van der Waals surface area contributed by atoms with Gasteiger partial charge in [0, 0.05) is 33.7 Å². The van der Waals surface area contributed by atoms with Crippen LogP contribution in [0.2, 0.25) is 25.7 Å². The molecular weight excluding hydrogens is 489 g/mol. The fourth-order valence-electron chi connectivity index (χ4n) is 4.55. The zero-order chi connectivity index (χ0) is 26.4. The van der Waals surface area contributed by atoms with Crippen molar-refractivity contribution in [1.29, 1.82) is 0 Å². The summed E-state index contributed by atoms with van der Waals surface area (Å²) in [6, 6.07) is 19.5. The average Bonchev–Trinajstić information content (AvgIpc) is 2.86. The molecule has 0 radical (unpaired) electrons. The van der Waals surface area contributed by atoms with Crippen molar-refractivity contribution in [1.82, 2.24) is 4.90 Å². The first-order valence-corrected chi connectivity index (χ1v) is 16.4. The molecule has 198 valence electrons. The van der Waals surface area contributed by atoms with E-state index in [2.05, 4.69) is 25.7 Å². The fourth-order valence-corrected chi connectivity index (χ4v) is 5.30. The van der Waals surface area contributed by atoms with E-state index in [4.69, 9.17) is 14.2 Å². The highest BCUT2D eigenvalue weighted by Crippen LogP contribution is 2.31. The second-order valence-corrected chi connectivity index (χ2v) is 16.5. The highest BCUT2D eigenvalue weighted by Gasteiger charge is 2.31. The van der Waals surface area contributed by atoms with Gasteiger partial charge in [-0.1, -0.05) is 50.0 Å². The number of ether oxygens (including phenoxy) is 3. The Balaban J connectivity index is 1.40. The third kappa shape index (κ3) is 7.77. The molecule has 1 saturated heterocycles. The molecule has 4 rings (SSSR count). The van der Waals surface area contributed by atoms with E-state index in [0.717, 1.165) is 33.7 Å². The molecule has 1 aliphatic heterocycles. The Hall–Kier alpha value is -2.94. The van der Waals surface area contributed by atoms with E-state index in [0.29, 0.717) is 26.2 Å². The number of rotatable bonds is 10. The smallest absolute Gasteiger partial charge is 0.189 e. The minimum Gasteiger partial charge on any atom is -0.530 e. The largest absolute Gasteiger partial charge is 0.530 e. The van der Waals surface area contributed by atoms with Crippen molar-refractivity contribution < 1.29 is 28.5 Å². The first kappa shape index (κ1) is 27.1. The minimum absolute atomic E-state index is 0.0300. The maximum Gasteiger partial charge on any atom is 0.189 e. The zero-order valence-electron chi connectivity index (χ0n) is 21.7. The van der Waals surface area contributed by atoms with Gasteiger partial charge in [-0.2, -0.15) is 0 Å². The Morgan fingerprint density at radius 3 is 2.54 bits per heavy atom. The first-order chi connectivity index (χ1) is 17.7. The number of likely N-dealkylation sites (tertiary alicyclic amines) is 1. The van der Waals surface area contributed by atoms with E-state index < -0.39 is 14.2 Å². The molecule has 3 aromatic rings. The lowest BCUT2D eigenvalue weighted by Crippen LogP contribution is -2.51. The van der Waals surface area contributed by atoms with Crippen molar-refractivity contribution in [2.24, 2.45) is 0 Å². The van der Waals surface area contributed by atoms with Gasteiger partial charge in [-0.25, -0.2) is 4.39 Å². The normalized spacial score (nSPS) is 18.2. The maximum absolute atomic E-state index is 13.5. The first-order valence-electron chi connectivity index (χ1n) is 12.7. The number of amides is 1. The molecule has 2 unspecified atom stereocenters. The third-order valence-electron chi connectivity index (χ3n) is 6.76. The molecule has 0 saturated carbocycles. The van der Waals surface area contributed by atoms with Gasteiger partial charge in [-0.15, -0.1) is 0 Å². The van der Waals surface area contributed by atoms with E-state index in [9.17, 15) is 14.3 Å². The summed E-state index contributed by atoms with van der Waals surface area (Å²) >= 11 is 0. The van der Waals surface area contributed by atoms with Crippen LogP contribution in [0.15, 0.2) is 60.7 Å². The predicted molar refractivity (Wildman–Crippen MR) is 143 cm³/mol. The van der Waals surface area contributed by atoms with E-state index in [-0.39, 0.29) is 31.2 Å². The van der Waals surface area contributed by atoms with Gasteiger partial charge in [0.15, 0.2) is 6.79 Å². The van der Waals surface area contributed by atoms with Gasteiger partial charge in [-0.05, 0) is 64.7 Å². The average molecular weight is 525 g/mol. The summed E-state index contributed by atoms with van der Waals surface area (Å²) in [5.41, 5.74) is 1.91. The number of hydrogen-bond donors (Lipinski definition) is 0. The number of benzene rings is 3. The van der Waals surface area contributed by atoms with Crippen molar-refractivity contribution in [3.8, 4) is 5.75 Å². The number of hydrogen-bond acceptors (Lipinski definition) is 5. The monoisotopic (exact) mass is 524 g/mol. The van der Waals surface area contributed by atoms with Crippen LogP contribution in [-0.4, -0.2) is 51.7 Å². The molecule has 0 aromatic heterocycles. The van der Waals surface area contributed by atoms with E-state index >= 15 is 0 Å². The van der Waals surface area contributed by atoms with Gasteiger partial charge in [0.25, 0.3) is 0 Å². The minimum atomic E-state index is -1.20. The van der Waals surface area contributed by atoms with Gasteiger partial charge in [0.1, 0.15) is 17.7 Å². The molecule has 3 aromatic carbocycles. The van der Waals surface area contributed by atoms with E-state index in [1.165, 1.54) is 17.0 Å². The standard InChI is InChI=1S/C29H36FNO5Si/c1-37(2,3)15-14-34-20-36-26-11-8-22-5-4-21(16-24(22)17-26)19-35-28-18-31(29(32)33)13-12-27(28)23-6-9-25(30)10-7-23/h4-11,16-17,27-28H,12-15,18-20H2,1-3H3,(H,32,33)/p-1. The lowest BCUT2D eigenvalue weighted by molar-refractivity contribution is -0.268. The number of carbonyl (C=O) groups is 1. The van der Waals surface area contributed by atoms with Gasteiger partial charge in [-0.3, -0.25) is 0 Å². The molecule has 1 heterocycles. The quantitative estimate of drug-likeness (QED) is 0.202. The summed E-state index contributed by atoms with van der Waals surface area (Å²) < 4.78 is 31.2. The molecule has 2 atom stereocenters. The van der Waals surface area contributed by atoms with Gasteiger partial charge < -0.3 is 29.0 Å². The predicted octanol–water partition coefficient (Wildman–Crippen LogP) is 5.39. The van der Waals surface area contributed by atoms with E-state index in [1.54, 1.807) is 12.1 Å². The van der Waals surface area contributed by atoms with Crippen LogP contribution in [0.3, 0.4) is 0 Å². The van der Waals surface area contributed by atoms with Crippen molar-refractivity contribution in [2.75, 3.05) is 26.5 Å². The van der Waals surface area contributed by atoms with Gasteiger partial charge in [0.2, 0.25) is 0 Å². The lowest BCUT2D eigenvalue weighted by Gasteiger charge is -2.40. The molecule has 1 aliphatic rings. The van der Waals surface area contributed by atoms with Crippen LogP contribution in [0.4, 0.5) is 9.18 Å². The van der Waals surface area contributed by atoms with Crippen molar-refractivity contribution in [2.45, 2.75) is 50.7 Å². The molecule has 0 bridgehead atoms. The fraction of sp³-hybridized carbons (Fsp3) is 0.414. The van der Waals surface area contributed by atoms with Crippen molar-refractivity contribution >= 4 is 24.9 Å². The van der Waals surface area contributed by atoms with Crippen molar-refractivity contribution in [3.05, 3.63) is 77.6 Å². The molecule has 0 N–H and O–H groups in total. The van der Waals surface area contributed by atoms with Crippen LogP contribution in [-0.2, 0) is 16.1 Å². The maximum atomic E-state index is 13.5. The lowest BCUT2D eigenvalue weighted by atomic mass is 9.87. The summed E-state index contributed by atoms with van der Waals surface area (Å²) in [5.74, 6) is 0.412. The highest BCUT2D eigenvalue weighted by molar-refractivity contribution is 6.76. The topological polar surface area (TPSA) is 71.1 Å². The molecule has 0 aliphatic carbocycles. The highest BCUT2D eigenvalue weighted by atomic mass is 28.3. The number of carbonyl (C=O) groups excluding carboxylic acids is 1. The summed E-state index contributed by atoms with van der Waals surface area (Å²) in [4.78, 5) is 12.8. The van der Waals surface area contributed by atoms with Crippen molar-refractivity contribution in [3.63, 3.8) is 0 Å². The molecular formula is C29H35FNO5Si-. The van der Waals surface area contributed by atoms with Crippen LogP contribution in [0.25, 0.3) is 10.8 Å². The molecule has 1 fully saturated rings. The summed E-state index contributed by atoms with van der Waals surface area (Å²) in [7, 11) is -1.13. The molecule has 1 amide bonds. The second kappa shape index (κ2) is 12.1. The van der Waals surface area contributed by atoms with Crippen LogP contribution in [0, 0.1) is 5.82 Å². The molecule has 6 nitrogen and oxygen atoms in total. The number of fused-ring (bicyclic) bond motifs is 1. The molecule has 8 heteroatoms. The molecule has 37 heavy (non-hydrogen) atoms. The summed E-state index contributed by atoms with van der Waals surface area (Å²) in [6.45, 7) is 8.79. The molecule has 0 spiro atoms. The van der Waals surface area contributed by atoms with Crippen LogP contribution >= 0.6 is 0 Å². The Labute approximate surface area is 219 Å². The Kier molecular flexibility index (Phi) is 8.84. The summed E-state index contributed by atoms with van der Waals surface area (Å²) in [5, 5.41) is 13.6. The Bertz CT molecular complexity index is 1200. The number of carboxylic acid groups (broad SMARTS) is 1. The number of piperidine rings is 1. The van der Waals surface area contributed by atoms with Gasteiger partial charge in [0.05, 0.1) is 12.7 Å². The number of nitrogens with zero attached hydrogens (tertiary/aromatic N) is 1. The third-order valence-corrected chi connectivity index (χ3v) is 8.47. The van der Waals surface area contributed by atoms with Crippen LogP contribution in [0.5, 0.6) is 5.75 Å². The number of halogens is 1. The SMILES string of the molecule is C[Si](C)(C)CCOCOc1ccc2ccc(COC3CN(C(=O)[O-])CCC3c3ccc(F)cc3)cc2c1. The Morgan fingerprint density at radius 2 is 1.81 bits per heavy atom.